The van der Waals surface area contributed by atoms with E-state index < -0.39 is 0 Å². The maximum atomic E-state index is 5.19. The zero-order valence-corrected chi connectivity index (χ0v) is 31.1. The van der Waals surface area contributed by atoms with Crippen LogP contribution in [0.2, 0.25) is 0 Å². The number of hydrogen-bond donors (Lipinski definition) is 0. The lowest BCUT2D eigenvalue weighted by Gasteiger charge is -2.24. The Morgan fingerprint density at radius 1 is 0.315 bits per heavy atom. The summed E-state index contributed by atoms with van der Waals surface area (Å²) in [5.41, 5.74) is 20.6. The van der Waals surface area contributed by atoms with Crippen LogP contribution in [0.5, 0.6) is 0 Å². The van der Waals surface area contributed by atoms with Gasteiger partial charge >= 0.3 is 0 Å². The molecule has 0 amide bonds. The van der Waals surface area contributed by atoms with Crippen LogP contribution in [0, 0.1) is 0 Å². The van der Waals surface area contributed by atoms with Crippen LogP contribution in [-0.4, -0.2) is 9.97 Å². The maximum absolute atomic E-state index is 5.19. The van der Waals surface area contributed by atoms with Crippen molar-refractivity contribution in [1.29, 1.82) is 0 Å². The number of aromatic nitrogens is 2. The van der Waals surface area contributed by atoms with Gasteiger partial charge in [0.25, 0.3) is 0 Å². The Labute approximate surface area is 317 Å². The molecule has 8 aromatic rings. The monoisotopic (exact) mass is 692 g/mol. The van der Waals surface area contributed by atoms with Crippen LogP contribution in [0.3, 0.4) is 0 Å². The zero-order valence-electron chi connectivity index (χ0n) is 31.1. The molecule has 0 atom stereocenters. The van der Waals surface area contributed by atoms with Crippen LogP contribution in [-0.2, 0) is 10.8 Å². The third kappa shape index (κ3) is 5.01. The number of fused-ring (bicyclic) bond motifs is 6. The van der Waals surface area contributed by atoms with Gasteiger partial charge in [0.15, 0.2) is 5.82 Å². The Hall–Kier alpha value is -6.38. The summed E-state index contributed by atoms with van der Waals surface area (Å²) in [7, 11) is 0. The molecule has 1 aromatic heterocycles. The van der Waals surface area contributed by atoms with E-state index in [1.807, 2.05) is 18.2 Å². The fourth-order valence-electron chi connectivity index (χ4n) is 8.99. The molecule has 0 spiro atoms. The fourth-order valence-corrected chi connectivity index (χ4v) is 8.99. The first-order chi connectivity index (χ1) is 26.3. The van der Waals surface area contributed by atoms with Gasteiger partial charge in [-0.15, -0.1) is 0 Å². The molecular formula is C52H40N2. The minimum absolute atomic E-state index is 0.0637. The fraction of sp³-hybridized carbons (Fsp3) is 0.115. The standard InChI is InChI=1S/C52H40N2/c1-51(2)43-23-12-11-21-40(43)41-30-46-42(31-45(41)51)49-39(22-14-24-44(49)52(46,3)4)37-19-13-20-38(29-37)48-32-47(53-50(54-48)36-17-9-6-10-18-36)35-27-25-34(26-28-35)33-15-7-5-8-16-33/h5-32H,1-4H3. The van der Waals surface area contributed by atoms with Crippen LogP contribution in [0.25, 0.3) is 78.4 Å². The lowest BCUT2D eigenvalue weighted by Crippen LogP contribution is -2.16. The molecule has 54 heavy (non-hydrogen) atoms. The number of rotatable bonds is 5. The van der Waals surface area contributed by atoms with Gasteiger partial charge in [-0.05, 0) is 91.0 Å². The molecular weight excluding hydrogens is 653 g/mol. The van der Waals surface area contributed by atoms with Crippen LogP contribution in [0.15, 0.2) is 170 Å². The van der Waals surface area contributed by atoms with Crippen molar-refractivity contribution in [3.8, 4) is 78.4 Å². The van der Waals surface area contributed by atoms with Gasteiger partial charge in [-0.1, -0.05) is 173 Å². The normalized spacial score (nSPS) is 14.2. The van der Waals surface area contributed by atoms with E-state index in [1.165, 1.54) is 66.8 Å². The van der Waals surface area contributed by atoms with Crippen LogP contribution in [0.1, 0.15) is 49.9 Å². The van der Waals surface area contributed by atoms with Crippen molar-refractivity contribution in [1.82, 2.24) is 9.97 Å². The number of benzene rings is 7. The largest absolute Gasteiger partial charge is 0.228 e. The Morgan fingerprint density at radius 2 is 0.815 bits per heavy atom. The highest BCUT2D eigenvalue weighted by Crippen LogP contribution is 2.57. The molecule has 258 valence electrons. The number of hydrogen-bond acceptors (Lipinski definition) is 2. The zero-order chi connectivity index (χ0) is 36.6. The molecule has 1 heterocycles. The minimum atomic E-state index is -0.128. The minimum Gasteiger partial charge on any atom is -0.228 e. The Morgan fingerprint density at radius 3 is 1.57 bits per heavy atom. The SMILES string of the molecule is CC1(C)c2ccccc2-c2cc3c(cc21)-c1c(-c2cccc(-c4cc(-c5ccc(-c6ccccc6)cc5)nc(-c5ccccc5)n4)c2)cccc1C3(C)C. The van der Waals surface area contributed by atoms with E-state index in [-0.39, 0.29) is 10.8 Å². The van der Waals surface area contributed by atoms with E-state index in [0.717, 1.165) is 33.9 Å². The van der Waals surface area contributed by atoms with Crippen LogP contribution < -0.4 is 0 Å². The lowest BCUT2D eigenvalue weighted by molar-refractivity contribution is 0.652. The van der Waals surface area contributed by atoms with Gasteiger partial charge in [0.1, 0.15) is 0 Å². The molecule has 0 unspecified atom stereocenters. The summed E-state index contributed by atoms with van der Waals surface area (Å²) >= 11 is 0. The van der Waals surface area contributed by atoms with E-state index >= 15 is 0 Å². The molecule has 0 saturated carbocycles. The smallest absolute Gasteiger partial charge is 0.160 e. The van der Waals surface area contributed by atoms with Crippen LogP contribution in [0.4, 0.5) is 0 Å². The molecule has 0 aliphatic heterocycles. The van der Waals surface area contributed by atoms with E-state index in [2.05, 4.69) is 179 Å². The molecule has 10 rings (SSSR count). The average molecular weight is 693 g/mol. The molecule has 0 saturated heterocycles. The van der Waals surface area contributed by atoms with Crippen molar-refractivity contribution in [2.45, 2.75) is 38.5 Å². The van der Waals surface area contributed by atoms with Gasteiger partial charge in [0.05, 0.1) is 11.4 Å². The summed E-state index contributed by atoms with van der Waals surface area (Å²) in [6.07, 6.45) is 0. The molecule has 0 radical (unpaired) electrons. The van der Waals surface area contributed by atoms with E-state index in [9.17, 15) is 0 Å². The lowest BCUT2D eigenvalue weighted by atomic mass is 9.79. The highest BCUT2D eigenvalue weighted by atomic mass is 14.9. The van der Waals surface area contributed by atoms with Crippen molar-refractivity contribution < 1.29 is 0 Å². The number of nitrogens with zero attached hydrogens (tertiary/aromatic N) is 2. The van der Waals surface area contributed by atoms with E-state index in [0.29, 0.717) is 0 Å². The van der Waals surface area contributed by atoms with Crippen molar-refractivity contribution in [3.05, 3.63) is 192 Å². The van der Waals surface area contributed by atoms with E-state index in [4.69, 9.17) is 9.97 Å². The van der Waals surface area contributed by atoms with Gasteiger partial charge in [-0.2, -0.15) is 0 Å². The Kier molecular flexibility index (Phi) is 7.22. The maximum Gasteiger partial charge on any atom is 0.160 e. The summed E-state index contributed by atoms with van der Waals surface area (Å²) in [4.78, 5) is 10.3. The molecule has 2 aliphatic carbocycles. The molecule has 2 aliphatic rings. The highest BCUT2D eigenvalue weighted by molar-refractivity contribution is 5.96. The van der Waals surface area contributed by atoms with Crippen molar-refractivity contribution in [2.24, 2.45) is 0 Å². The third-order valence-electron chi connectivity index (χ3n) is 11.9. The van der Waals surface area contributed by atoms with Gasteiger partial charge in [0.2, 0.25) is 0 Å². The molecule has 0 bridgehead atoms. The first-order valence-electron chi connectivity index (χ1n) is 18.9. The third-order valence-corrected chi connectivity index (χ3v) is 11.9. The molecule has 2 heteroatoms. The second-order valence-corrected chi connectivity index (χ2v) is 15.8. The van der Waals surface area contributed by atoms with Gasteiger partial charge in [-0.3, -0.25) is 0 Å². The summed E-state index contributed by atoms with van der Waals surface area (Å²) in [5, 5.41) is 0. The first kappa shape index (κ1) is 32.3. The van der Waals surface area contributed by atoms with Crippen molar-refractivity contribution in [2.75, 3.05) is 0 Å². The first-order valence-corrected chi connectivity index (χ1v) is 18.9. The van der Waals surface area contributed by atoms with Crippen molar-refractivity contribution in [3.63, 3.8) is 0 Å². The molecule has 2 nitrogen and oxygen atoms in total. The molecule has 0 N–H and O–H groups in total. The highest BCUT2D eigenvalue weighted by Gasteiger charge is 2.42. The topological polar surface area (TPSA) is 25.8 Å². The van der Waals surface area contributed by atoms with E-state index in [1.54, 1.807) is 0 Å². The van der Waals surface area contributed by atoms with Gasteiger partial charge in [-0.25, -0.2) is 9.97 Å². The van der Waals surface area contributed by atoms with Gasteiger partial charge in [0, 0.05) is 27.5 Å². The van der Waals surface area contributed by atoms with Gasteiger partial charge < -0.3 is 0 Å². The average Bonchev–Trinajstić information content (AvgIpc) is 3.59. The summed E-state index contributed by atoms with van der Waals surface area (Å²) in [5.74, 6) is 0.717. The van der Waals surface area contributed by atoms with Crippen molar-refractivity contribution >= 4 is 0 Å². The second-order valence-electron chi connectivity index (χ2n) is 15.8. The molecule has 0 fully saturated rings. The Balaban J connectivity index is 1.10. The summed E-state index contributed by atoms with van der Waals surface area (Å²) in [6.45, 7) is 9.52. The second kappa shape index (κ2) is 12.1. The predicted octanol–water partition coefficient (Wildman–Crippen LogP) is 13.4. The Bertz CT molecular complexity index is 2740. The molecule has 7 aromatic carbocycles. The quantitative estimate of drug-likeness (QED) is 0.179. The summed E-state index contributed by atoms with van der Waals surface area (Å²) in [6, 6.07) is 61.4. The predicted molar refractivity (Wildman–Crippen MR) is 224 cm³/mol. The summed E-state index contributed by atoms with van der Waals surface area (Å²) < 4.78 is 0. The van der Waals surface area contributed by atoms with Crippen LogP contribution >= 0.6 is 0 Å².